The maximum Gasteiger partial charge on any atom is 0.225 e. The smallest absolute Gasteiger partial charge is 0.225 e. The molecule has 0 saturated carbocycles. The average molecular weight is 482 g/mol. The van der Waals surface area contributed by atoms with Crippen molar-refractivity contribution in [3.63, 3.8) is 0 Å². The van der Waals surface area contributed by atoms with Gasteiger partial charge in [0, 0.05) is 24.0 Å². The first-order valence-electron chi connectivity index (χ1n) is 10.8. The van der Waals surface area contributed by atoms with Crippen molar-refractivity contribution in [3.05, 3.63) is 46.1 Å². The molecule has 4 N–H and O–H groups in total. The van der Waals surface area contributed by atoms with Crippen LogP contribution in [0.15, 0.2) is 30.5 Å². The summed E-state index contributed by atoms with van der Waals surface area (Å²) in [5.41, 5.74) is 0.770. The standard InChI is InChI=1S/C22H29Cl2N5O3/c1-2-17(12-30)26-22-25-11-18(24)20(28-22)29-8-6-14(7-9-29)21(32)27-19(13-31)15-4-3-5-16(23)10-15/h3-5,10-11,14,17,19,30-31H,2,6-9,12-13H2,1H3,(H,27,32)(H,25,26,28). The van der Waals surface area contributed by atoms with Crippen LogP contribution in [-0.2, 0) is 4.79 Å². The number of piperidine rings is 1. The molecule has 1 aliphatic heterocycles. The van der Waals surface area contributed by atoms with Crippen LogP contribution in [0.4, 0.5) is 11.8 Å². The van der Waals surface area contributed by atoms with Crippen molar-refractivity contribution >= 4 is 40.9 Å². The molecule has 8 nitrogen and oxygen atoms in total. The molecule has 0 spiro atoms. The fourth-order valence-corrected chi connectivity index (χ4v) is 4.12. The summed E-state index contributed by atoms with van der Waals surface area (Å²) < 4.78 is 0. The van der Waals surface area contributed by atoms with Gasteiger partial charge in [-0.05, 0) is 37.0 Å². The summed E-state index contributed by atoms with van der Waals surface area (Å²) in [6.07, 6.45) is 3.56. The Bertz CT molecular complexity index is 905. The maximum absolute atomic E-state index is 12.8. The van der Waals surface area contributed by atoms with Gasteiger partial charge in [0.1, 0.15) is 5.02 Å². The third kappa shape index (κ3) is 6.22. The first-order valence-corrected chi connectivity index (χ1v) is 11.5. The van der Waals surface area contributed by atoms with Crippen molar-refractivity contribution in [3.8, 4) is 0 Å². The van der Waals surface area contributed by atoms with E-state index in [1.807, 2.05) is 17.9 Å². The van der Waals surface area contributed by atoms with Gasteiger partial charge in [0.05, 0.1) is 31.5 Å². The number of carbonyl (C=O) groups is 1. The van der Waals surface area contributed by atoms with Gasteiger partial charge in [-0.2, -0.15) is 4.98 Å². The van der Waals surface area contributed by atoms with Gasteiger partial charge in [0.25, 0.3) is 0 Å². The van der Waals surface area contributed by atoms with E-state index in [0.29, 0.717) is 47.7 Å². The first-order chi connectivity index (χ1) is 15.4. The van der Waals surface area contributed by atoms with Crippen LogP contribution < -0.4 is 15.5 Å². The van der Waals surface area contributed by atoms with Crippen molar-refractivity contribution in [1.29, 1.82) is 0 Å². The third-order valence-corrected chi connectivity index (χ3v) is 6.19. The van der Waals surface area contributed by atoms with E-state index in [2.05, 4.69) is 20.6 Å². The molecular weight excluding hydrogens is 453 g/mol. The van der Waals surface area contributed by atoms with E-state index in [9.17, 15) is 15.0 Å². The number of hydrogen-bond acceptors (Lipinski definition) is 7. The predicted octanol–water partition coefficient (Wildman–Crippen LogP) is 3.03. The second-order valence-corrected chi connectivity index (χ2v) is 8.70. The zero-order chi connectivity index (χ0) is 23.1. The number of halogens is 2. The van der Waals surface area contributed by atoms with Gasteiger partial charge in [0.2, 0.25) is 11.9 Å². The lowest BCUT2D eigenvalue weighted by molar-refractivity contribution is -0.126. The Labute approximate surface area is 198 Å². The van der Waals surface area contributed by atoms with Crippen LogP contribution in [0.5, 0.6) is 0 Å². The highest BCUT2D eigenvalue weighted by Gasteiger charge is 2.28. The van der Waals surface area contributed by atoms with Gasteiger partial charge in [-0.1, -0.05) is 42.3 Å². The van der Waals surface area contributed by atoms with Gasteiger partial charge >= 0.3 is 0 Å². The monoisotopic (exact) mass is 481 g/mol. The molecule has 1 aliphatic rings. The van der Waals surface area contributed by atoms with Crippen molar-refractivity contribution in [2.24, 2.45) is 5.92 Å². The molecule has 3 rings (SSSR count). The van der Waals surface area contributed by atoms with Gasteiger partial charge < -0.3 is 25.7 Å². The second kappa shape index (κ2) is 11.7. The third-order valence-electron chi connectivity index (χ3n) is 5.69. The zero-order valence-electron chi connectivity index (χ0n) is 18.0. The van der Waals surface area contributed by atoms with Crippen LogP contribution in [0.3, 0.4) is 0 Å². The first kappa shape index (κ1) is 24.5. The van der Waals surface area contributed by atoms with E-state index in [1.54, 1.807) is 24.4 Å². The molecular formula is C22H29Cl2N5O3. The summed E-state index contributed by atoms with van der Waals surface area (Å²) >= 11 is 12.4. The summed E-state index contributed by atoms with van der Waals surface area (Å²) in [7, 11) is 0. The number of nitrogens with zero attached hydrogens (tertiary/aromatic N) is 3. The SMILES string of the molecule is CCC(CO)Nc1ncc(Cl)c(N2CCC(C(=O)NC(CO)c3cccc(Cl)c3)CC2)n1. The van der Waals surface area contributed by atoms with Gasteiger partial charge in [0.15, 0.2) is 5.82 Å². The summed E-state index contributed by atoms with van der Waals surface area (Å²) in [5, 5.41) is 26.2. The molecule has 2 heterocycles. The van der Waals surface area contributed by atoms with Gasteiger partial charge in [-0.15, -0.1) is 0 Å². The average Bonchev–Trinajstić information content (AvgIpc) is 2.82. The summed E-state index contributed by atoms with van der Waals surface area (Å²) in [6, 6.07) is 6.50. The highest BCUT2D eigenvalue weighted by Crippen LogP contribution is 2.29. The topological polar surface area (TPSA) is 111 Å². The summed E-state index contributed by atoms with van der Waals surface area (Å²) in [4.78, 5) is 23.6. The largest absolute Gasteiger partial charge is 0.394 e. The Morgan fingerprint density at radius 3 is 2.62 bits per heavy atom. The Morgan fingerprint density at radius 2 is 2.00 bits per heavy atom. The fraction of sp³-hybridized carbons (Fsp3) is 0.500. The van der Waals surface area contributed by atoms with Crippen molar-refractivity contribution < 1.29 is 15.0 Å². The lowest BCUT2D eigenvalue weighted by Gasteiger charge is -2.33. The number of aliphatic hydroxyl groups excluding tert-OH is 2. The minimum Gasteiger partial charge on any atom is -0.394 e. The molecule has 0 bridgehead atoms. The summed E-state index contributed by atoms with van der Waals surface area (Å²) in [6.45, 7) is 2.99. The Hall–Kier alpha value is -2.13. The number of amides is 1. The minimum absolute atomic E-state index is 0.0116. The van der Waals surface area contributed by atoms with Crippen LogP contribution in [0, 0.1) is 5.92 Å². The molecule has 1 saturated heterocycles. The van der Waals surface area contributed by atoms with Crippen molar-refractivity contribution in [1.82, 2.24) is 15.3 Å². The fourth-order valence-electron chi connectivity index (χ4n) is 3.71. The van der Waals surface area contributed by atoms with Gasteiger partial charge in [-0.25, -0.2) is 4.98 Å². The molecule has 1 aromatic heterocycles. The number of benzene rings is 1. The molecule has 1 amide bonds. The van der Waals surface area contributed by atoms with E-state index in [0.717, 1.165) is 12.0 Å². The molecule has 2 unspecified atom stereocenters. The van der Waals surface area contributed by atoms with Crippen LogP contribution in [0.1, 0.15) is 37.8 Å². The molecule has 10 heteroatoms. The molecule has 2 atom stereocenters. The number of hydrogen-bond donors (Lipinski definition) is 4. The summed E-state index contributed by atoms with van der Waals surface area (Å²) in [5.74, 6) is 0.769. The lowest BCUT2D eigenvalue weighted by atomic mass is 9.95. The van der Waals surface area contributed by atoms with Crippen molar-refractivity contribution in [2.45, 2.75) is 38.3 Å². The number of aromatic nitrogens is 2. The van der Waals surface area contributed by atoms with E-state index >= 15 is 0 Å². The maximum atomic E-state index is 12.8. The number of rotatable bonds is 9. The highest BCUT2D eigenvalue weighted by molar-refractivity contribution is 6.32. The van der Waals surface area contributed by atoms with Crippen LogP contribution in [0.2, 0.25) is 10.0 Å². The molecule has 174 valence electrons. The van der Waals surface area contributed by atoms with Crippen LogP contribution >= 0.6 is 23.2 Å². The predicted molar refractivity (Wildman–Crippen MR) is 126 cm³/mol. The van der Waals surface area contributed by atoms with E-state index in [1.165, 1.54) is 0 Å². The van der Waals surface area contributed by atoms with Crippen LogP contribution in [0.25, 0.3) is 0 Å². The molecule has 1 fully saturated rings. The molecule has 0 radical (unpaired) electrons. The van der Waals surface area contributed by atoms with E-state index in [-0.39, 0.29) is 31.1 Å². The minimum atomic E-state index is -0.498. The molecule has 32 heavy (non-hydrogen) atoms. The van der Waals surface area contributed by atoms with E-state index in [4.69, 9.17) is 23.2 Å². The Kier molecular flexibility index (Phi) is 8.92. The number of nitrogens with one attached hydrogen (secondary N) is 2. The van der Waals surface area contributed by atoms with E-state index < -0.39 is 6.04 Å². The number of aliphatic hydroxyl groups is 2. The zero-order valence-corrected chi connectivity index (χ0v) is 19.5. The quantitative estimate of drug-likeness (QED) is 0.435. The molecule has 1 aromatic carbocycles. The molecule has 2 aromatic rings. The lowest BCUT2D eigenvalue weighted by Crippen LogP contribution is -2.42. The van der Waals surface area contributed by atoms with Crippen LogP contribution in [-0.4, -0.2) is 58.4 Å². The van der Waals surface area contributed by atoms with Crippen molar-refractivity contribution in [2.75, 3.05) is 36.5 Å². The number of anilines is 2. The second-order valence-electron chi connectivity index (χ2n) is 7.86. The Morgan fingerprint density at radius 1 is 1.25 bits per heavy atom. The highest BCUT2D eigenvalue weighted by atomic mass is 35.5. The number of carbonyl (C=O) groups excluding carboxylic acids is 1. The van der Waals surface area contributed by atoms with Gasteiger partial charge in [-0.3, -0.25) is 4.79 Å². The molecule has 0 aliphatic carbocycles. The Balaban J connectivity index is 1.60. The normalized spacial score (nSPS) is 16.5.